The molecule has 98 valence electrons. The topological polar surface area (TPSA) is 67.3 Å². The van der Waals surface area contributed by atoms with Crippen molar-refractivity contribution in [3.05, 3.63) is 23.5 Å². The lowest BCUT2D eigenvalue weighted by molar-refractivity contribution is -0.117. The van der Waals surface area contributed by atoms with E-state index >= 15 is 0 Å². The summed E-state index contributed by atoms with van der Waals surface area (Å²) in [6, 6.07) is 1.82. The molecule has 1 aliphatic rings. The van der Waals surface area contributed by atoms with Crippen molar-refractivity contribution in [2.45, 2.75) is 25.5 Å². The number of anilines is 1. The number of pyridine rings is 1. The van der Waals surface area contributed by atoms with Gasteiger partial charge in [-0.1, -0.05) is 0 Å². The van der Waals surface area contributed by atoms with Crippen molar-refractivity contribution in [1.82, 2.24) is 4.98 Å². The third kappa shape index (κ3) is 2.49. The zero-order valence-corrected chi connectivity index (χ0v) is 11.6. The minimum Gasteiger partial charge on any atom is -0.309 e. The monoisotopic (exact) mass is 288 g/mol. The van der Waals surface area contributed by atoms with Gasteiger partial charge in [0.2, 0.25) is 15.0 Å². The van der Waals surface area contributed by atoms with Gasteiger partial charge in [-0.3, -0.25) is 9.78 Å². The van der Waals surface area contributed by atoms with E-state index in [0.717, 1.165) is 11.3 Å². The van der Waals surface area contributed by atoms with Gasteiger partial charge in [0.25, 0.3) is 0 Å². The number of aryl methyl sites for hydroxylation is 2. The summed E-state index contributed by atoms with van der Waals surface area (Å²) >= 11 is 0. The van der Waals surface area contributed by atoms with Crippen LogP contribution in [0.5, 0.6) is 0 Å². The maximum absolute atomic E-state index is 11.8. The molecule has 5 nitrogen and oxygen atoms in total. The van der Waals surface area contributed by atoms with E-state index in [0.29, 0.717) is 5.69 Å². The standard InChI is InChI=1S/C11H13ClN2O3S/c1-7-3-9(5-13-8(7)2)14-6-10(4-11(14)15)18(12,16)17/h3,5,10H,4,6H2,1-2H3. The summed E-state index contributed by atoms with van der Waals surface area (Å²) in [6.07, 6.45) is 1.50. The molecule has 2 rings (SSSR count). The van der Waals surface area contributed by atoms with Gasteiger partial charge < -0.3 is 4.90 Å². The Hall–Kier alpha value is -1.14. The van der Waals surface area contributed by atoms with Crippen LogP contribution in [0.15, 0.2) is 12.3 Å². The van der Waals surface area contributed by atoms with Gasteiger partial charge in [-0.15, -0.1) is 0 Å². The molecule has 0 aromatic carbocycles. The Kier molecular flexibility index (Phi) is 3.33. The molecular formula is C11H13ClN2O3S. The summed E-state index contributed by atoms with van der Waals surface area (Å²) in [7, 11) is 1.59. The number of carbonyl (C=O) groups excluding carboxylic acids is 1. The second-order valence-corrected chi connectivity index (χ2v) is 7.31. The van der Waals surface area contributed by atoms with E-state index in [4.69, 9.17) is 10.7 Å². The molecule has 1 aliphatic heterocycles. The van der Waals surface area contributed by atoms with E-state index in [9.17, 15) is 13.2 Å². The van der Waals surface area contributed by atoms with E-state index < -0.39 is 14.3 Å². The van der Waals surface area contributed by atoms with E-state index in [2.05, 4.69) is 4.98 Å². The minimum absolute atomic E-state index is 0.0707. The quantitative estimate of drug-likeness (QED) is 0.771. The summed E-state index contributed by atoms with van der Waals surface area (Å²) in [6.45, 7) is 3.86. The fraction of sp³-hybridized carbons (Fsp3) is 0.455. The zero-order chi connectivity index (χ0) is 13.5. The maximum Gasteiger partial charge on any atom is 0.237 e. The number of aromatic nitrogens is 1. The van der Waals surface area contributed by atoms with Gasteiger partial charge in [0, 0.05) is 29.3 Å². The van der Waals surface area contributed by atoms with Gasteiger partial charge in [-0.25, -0.2) is 8.42 Å². The lowest BCUT2D eigenvalue weighted by Gasteiger charge is -2.16. The summed E-state index contributed by atoms with van der Waals surface area (Å²) in [4.78, 5) is 17.4. The normalized spacial score (nSPS) is 20.5. The van der Waals surface area contributed by atoms with Crippen LogP contribution in [-0.4, -0.2) is 31.1 Å². The Bertz CT molecular complexity index is 600. The highest BCUT2D eigenvalue weighted by Crippen LogP contribution is 2.27. The van der Waals surface area contributed by atoms with Crippen LogP contribution in [0.1, 0.15) is 17.7 Å². The van der Waals surface area contributed by atoms with Gasteiger partial charge in [-0.2, -0.15) is 0 Å². The second kappa shape index (κ2) is 4.51. The van der Waals surface area contributed by atoms with Gasteiger partial charge in [-0.05, 0) is 25.5 Å². The second-order valence-electron chi connectivity index (χ2n) is 4.40. The van der Waals surface area contributed by atoms with Crippen LogP contribution in [-0.2, 0) is 13.8 Å². The highest BCUT2D eigenvalue weighted by atomic mass is 35.7. The number of rotatable bonds is 2. The average molecular weight is 289 g/mol. The molecular weight excluding hydrogens is 276 g/mol. The molecule has 0 saturated carbocycles. The first-order valence-corrected chi connectivity index (χ1v) is 7.83. The van der Waals surface area contributed by atoms with Crippen molar-refractivity contribution in [2.75, 3.05) is 11.4 Å². The summed E-state index contributed by atoms with van der Waals surface area (Å²) < 4.78 is 22.5. The maximum atomic E-state index is 11.8. The van der Waals surface area contributed by atoms with Crippen molar-refractivity contribution in [1.29, 1.82) is 0 Å². The van der Waals surface area contributed by atoms with E-state index in [1.54, 1.807) is 6.20 Å². The highest BCUT2D eigenvalue weighted by molar-refractivity contribution is 8.14. The Morgan fingerprint density at radius 2 is 2.11 bits per heavy atom. The number of halogens is 1. The Labute approximate surface area is 110 Å². The Balaban J connectivity index is 2.30. The highest BCUT2D eigenvalue weighted by Gasteiger charge is 2.38. The molecule has 0 N–H and O–H groups in total. The van der Waals surface area contributed by atoms with Crippen LogP contribution < -0.4 is 4.90 Å². The minimum atomic E-state index is -3.71. The molecule has 0 bridgehead atoms. The fourth-order valence-electron chi connectivity index (χ4n) is 1.89. The van der Waals surface area contributed by atoms with E-state index in [1.165, 1.54) is 4.90 Å². The van der Waals surface area contributed by atoms with Crippen LogP contribution in [0, 0.1) is 13.8 Å². The summed E-state index contributed by atoms with van der Waals surface area (Å²) in [5.41, 5.74) is 2.45. The van der Waals surface area contributed by atoms with Crippen LogP contribution in [0.2, 0.25) is 0 Å². The van der Waals surface area contributed by atoms with Crippen molar-refractivity contribution in [2.24, 2.45) is 0 Å². The molecule has 1 saturated heterocycles. The van der Waals surface area contributed by atoms with E-state index in [1.807, 2.05) is 19.9 Å². The van der Waals surface area contributed by atoms with Gasteiger partial charge >= 0.3 is 0 Å². The van der Waals surface area contributed by atoms with Gasteiger partial charge in [0.15, 0.2) is 0 Å². The van der Waals surface area contributed by atoms with Crippen LogP contribution >= 0.6 is 10.7 Å². The molecule has 1 fully saturated rings. The number of hydrogen-bond acceptors (Lipinski definition) is 4. The lowest BCUT2D eigenvalue weighted by Crippen LogP contribution is -2.27. The number of nitrogens with zero attached hydrogens (tertiary/aromatic N) is 2. The van der Waals surface area contributed by atoms with E-state index in [-0.39, 0.29) is 18.9 Å². The smallest absolute Gasteiger partial charge is 0.237 e. The molecule has 0 aliphatic carbocycles. The fourth-order valence-corrected chi connectivity index (χ4v) is 2.92. The third-order valence-corrected chi connectivity index (χ3v) is 4.99. The van der Waals surface area contributed by atoms with Gasteiger partial charge in [0.05, 0.1) is 11.9 Å². The lowest BCUT2D eigenvalue weighted by atomic mass is 10.2. The molecule has 1 unspecified atom stereocenters. The molecule has 1 aromatic rings. The molecule has 1 amide bonds. The van der Waals surface area contributed by atoms with Crippen molar-refractivity contribution < 1.29 is 13.2 Å². The van der Waals surface area contributed by atoms with Gasteiger partial charge in [0.1, 0.15) is 5.25 Å². The first kappa shape index (κ1) is 13.3. The van der Waals surface area contributed by atoms with Crippen LogP contribution in [0.25, 0.3) is 0 Å². The largest absolute Gasteiger partial charge is 0.309 e. The van der Waals surface area contributed by atoms with Crippen molar-refractivity contribution in [3.63, 3.8) is 0 Å². The first-order chi connectivity index (χ1) is 8.29. The molecule has 7 heteroatoms. The van der Waals surface area contributed by atoms with Crippen molar-refractivity contribution in [3.8, 4) is 0 Å². The van der Waals surface area contributed by atoms with Crippen LogP contribution in [0.4, 0.5) is 5.69 Å². The Morgan fingerprint density at radius 1 is 1.44 bits per heavy atom. The van der Waals surface area contributed by atoms with Crippen molar-refractivity contribution >= 4 is 31.3 Å². The first-order valence-electron chi connectivity index (χ1n) is 5.46. The molecule has 0 radical (unpaired) electrons. The zero-order valence-electron chi connectivity index (χ0n) is 10.1. The molecule has 1 atom stereocenters. The summed E-state index contributed by atoms with van der Waals surface area (Å²) in [5, 5.41) is -0.840. The predicted octanol–water partition coefficient (Wildman–Crippen LogP) is 1.37. The molecule has 18 heavy (non-hydrogen) atoms. The summed E-state index contributed by atoms with van der Waals surface area (Å²) in [5.74, 6) is -0.241. The average Bonchev–Trinajstić information content (AvgIpc) is 2.64. The third-order valence-electron chi connectivity index (χ3n) is 3.12. The SMILES string of the molecule is Cc1cc(N2CC(S(=O)(=O)Cl)CC2=O)cnc1C. The molecule has 0 spiro atoms. The van der Waals surface area contributed by atoms with Crippen LogP contribution in [0.3, 0.4) is 0 Å². The Morgan fingerprint density at radius 3 is 2.61 bits per heavy atom. The molecule has 1 aromatic heterocycles. The predicted molar refractivity (Wildman–Crippen MR) is 69.2 cm³/mol. The number of hydrogen-bond donors (Lipinski definition) is 0. The number of carbonyl (C=O) groups is 1. The molecule has 2 heterocycles. The number of amides is 1.